The van der Waals surface area contributed by atoms with E-state index in [0.717, 1.165) is 30.2 Å². The van der Waals surface area contributed by atoms with E-state index in [1.165, 1.54) is 0 Å². The molecule has 1 atom stereocenters. The van der Waals surface area contributed by atoms with Gasteiger partial charge in [0.1, 0.15) is 6.61 Å². The lowest BCUT2D eigenvalue weighted by atomic mass is 10.1. The summed E-state index contributed by atoms with van der Waals surface area (Å²) in [5, 5.41) is 9.20. The van der Waals surface area contributed by atoms with Crippen molar-refractivity contribution in [2.45, 2.75) is 26.0 Å². The lowest BCUT2D eigenvalue weighted by Gasteiger charge is -2.25. The topological polar surface area (TPSA) is 39.9 Å². The van der Waals surface area contributed by atoms with E-state index in [4.69, 9.17) is 16.3 Å². The normalized spacial score (nSPS) is 18.7. The molecule has 0 aliphatic carbocycles. The summed E-state index contributed by atoms with van der Waals surface area (Å²) in [6.07, 6.45) is 0.999. The van der Waals surface area contributed by atoms with E-state index in [-0.39, 0.29) is 0 Å². The van der Waals surface area contributed by atoms with Crippen molar-refractivity contribution < 1.29 is 4.74 Å². The zero-order chi connectivity index (χ0) is 12.5. The highest BCUT2D eigenvalue weighted by Gasteiger charge is 2.24. The lowest BCUT2D eigenvalue weighted by molar-refractivity contribution is 0.0542. The first kappa shape index (κ1) is 11.7. The maximum Gasteiger partial charge on any atom is 0.164 e. The van der Waals surface area contributed by atoms with Crippen molar-refractivity contribution >= 4 is 11.6 Å². The van der Waals surface area contributed by atoms with Crippen LogP contribution in [-0.2, 0) is 11.3 Å². The molecule has 5 heteroatoms. The molecule has 1 aromatic heterocycles. The molecule has 18 heavy (non-hydrogen) atoms. The smallest absolute Gasteiger partial charge is 0.164 e. The van der Waals surface area contributed by atoms with Gasteiger partial charge in [0, 0.05) is 10.6 Å². The first-order valence-electron chi connectivity index (χ1n) is 6.07. The Bertz CT molecular complexity index is 567. The highest BCUT2D eigenvalue weighted by atomic mass is 35.5. The van der Waals surface area contributed by atoms with Crippen LogP contribution in [0.15, 0.2) is 24.3 Å². The number of ether oxygens (including phenoxy) is 1. The number of fused-ring (bicyclic) bond motifs is 1. The van der Waals surface area contributed by atoms with Gasteiger partial charge < -0.3 is 9.30 Å². The molecule has 0 fully saturated rings. The van der Waals surface area contributed by atoms with Crippen LogP contribution in [0.25, 0.3) is 11.4 Å². The minimum atomic E-state index is 0.303. The molecule has 0 N–H and O–H groups in total. The van der Waals surface area contributed by atoms with Gasteiger partial charge in [-0.2, -0.15) is 0 Å². The van der Waals surface area contributed by atoms with Gasteiger partial charge in [0.2, 0.25) is 0 Å². The minimum Gasteiger partial charge on any atom is -0.371 e. The molecule has 1 aliphatic rings. The molecule has 0 spiro atoms. The van der Waals surface area contributed by atoms with E-state index in [9.17, 15) is 0 Å². The third-order valence-corrected chi connectivity index (χ3v) is 3.46. The van der Waals surface area contributed by atoms with Crippen LogP contribution in [0, 0.1) is 0 Å². The zero-order valence-corrected chi connectivity index (χ0v) is 10.9. The van der Waals surface area contributed by atoms with Crippen molar-refractivity contribution in [1.82, 2.24) is 14.8 Å². The van der Waals surface area contributed by atoms with Crippen molar-refractivity contribution in [2.24, 2.45) is 0 Å². The Balaban J connectivity index is 2.11. The molecule has 2 aromatic rings. The maximum absolute atomic E-state index is 6.03. The second-order valence-corrected chi connectivity index (χ2v) is 4.83. The third-order valence-electron chi connectivity index (χ3n) is 3.23. The van der Waals surface area contributed by atoms with Crippen LogP contribution in [0.3, 0.4) is 0 Å². The molecular weight excluding hydrogens is 250 g/mol. The Kier molecular flexibility index (Phi) is 3.06. The minimum absolute atomic E-state index is 0.303. The van der Waals surface area contributed by atoms with E-state index in [2.05, 4.69) is 21.7 Å². The molecule has 4 nitrogen and oxygen atoms in total. The molecule has 1 unspecified atom stereocenters. The summed E-state index contributed by atoms with van der Waals surface area (Å²) < 4.78 is 7.70. The number of hydrogen-bond acceptors (Lipinski definition) is 3. The second kappa shape index (κ2) is 4.71. The third kappa shape index (κ3) is 1.91. The molecule has 1 aromatic carbocycles. The molecule has 0 amide bonds. The number of rotatable bonds is 2. The summed E-state index contributed by atoms with van der Waals surface area (Å²) in [5.74, 6) is 1.77. The Labute approximate surface area is 111 Å². The van der Waals surface area contributed by atoms with Gasteiger partial charge in [-0.05, 0) is 18.6 Å². The van der Waals surface area contributed by atoms with Crippen molar-refractivity contribution in [3.8, 4) is 11.4 Å². The number of aromatic nitrogens is 3. The van der Waals surface area contributed by atoms with E-state index in [1.807, 2.05) is 24.3 Å². The first-order valence-corrected chi connectivity index (χ1v) is 6.45. The number of nitrogens with zero attached hydrogens (tertiary/aromatic N) is 3. The highest BCUT2D eigenvalue weighted by molar-refractivity contribution is 6.30. The average molecular weight is 264 g/mol. The summed E-state index contributed by atoms with van der Waals surface area (Å²) in [4.78, 5) is 0. The average Bonchev–Trinajstić information content (AvgIpc) is 2.82. The summed E-state index contributed by atoms with van der Waals surface area (Å²) >= 11 is 6.03. The van der Waals surface area contributed by atoms with Crippen LogP contribution < -0.4 is 0 Å². The van der Waals surface area contributed by atoms with Gasteiger partial charge >= 0.3 is 0 Å². The first-order chi connectivity index (χ1) is 8.79. The van der Waals surface area contributed by atoms with Crippen molar-refractivity contribution in [1.29, 1.82) is 0 Å². The summed E-state index contributed by atoms with van der Waals surface area (Å²) in [7, 11) is 0. The SMILES string of the molecule is CCC1COCc2nnc(-c3cccc(Cl)c3)n21. The van der Waals surface area contributed by atoms with Gasteiger partial charge in [-0.1, -0.05) is 30.7 Å². The van der Waals surface area contributed by atoms with Crippen LogP contribution >= 0.6 is 11.6 Å². The van der Waals surface area contributed by atoms with Gasteiger partial charge in [0.15, 0.2) is 11.6 Å². The summed E-state index contributed by atoms with van der Waals surface area (Å²) in [6.45, 7) is 3.39. The zero-order valence-electron chi connectivity index (χ0n) is 10.1. The fourth-order valence-corrected chi connectivity index (χ4v) is 2.48. The molecule has 2 heterocycles. The lowest BCUT2D eigenvalue weighted by Crippen LogP contribution is -2.23. The Hall–Kier alpha value is -1.39. The molecule has 0 radical (unpaired) electrons. The van der Waals surface area contributed by atoms with Crippen LogP contribution in [0.4, 0.5) is 0 Å². The number of hydrogen-bond donors (Lipinski definition) is 0. The van der Waals surface area contributed by atoms with Gasteiger partial charge in [-0.15, -0.1) is 10.2 Å². The fourth-order valence-electron chi connectivity index (χ4n) is 2.29. The monoisotopic (exact) mass is 263 g/mol. The molecular formula is C13H14ClN3O. The predicted molar refractivity (Wildman–Crippen MR) is 69.5 cm³/mol. The predicted octanol–water partition coefficient (Wildman–Crippen LogP) is 3.08. The van der Waals surface area contributed by atoms with Gasteiger partial charge in [-0.3, -0.25) is 0 Å². The summed E-state index contributed by atoms with van der Waals surface area (Å²) in [6, 6.07) is 8.02. The fraction of sp³-hybridized carbons (Fsp3) is 0.385. The Morgan fingerprint density at radius 2 is 2.33 bits per heavy atom. The van der Waals surface area contributed by atoms with Crippen molar-refractivity contribution in [3.05, 3.63) is 35.1 Å². The van der Waals surface area contributed by atoms with E-state index in [0.29, 0.717) is 17.7 Å². The van der Waals surface area contributed by atoms with E-state index >= 15 is 0 Å². The Morgan fingerprint density at radius 3 is 3.11 bits per heavy atom. The standard InChI is InChI=1S/C13H14ClN3O/c1-2-11-7-18-8-12-15-16-13(17(11)12)9-4-3-5-10(14)6-9/h3-6,11H,2,7-8H2,1H3. The van der Waals surface area contributed by atoms with Crippen molar-refractivity contribution in [3.63, 3.8) is 0 Å². The van der Waals surface area contributed by atoms with Gasteiger partial charge in [0.05, 0.1) is 12.6 Å². The van der Waals surface area contributed by atoms with Gasteiger partial charge in [-0.25, -0.2) is 0 Å². The van der Waals surface area contributed by atoms with E-state index < -0.39 is 0 Å². The van der Waals surface area contributed by atoms with Gasteiger partial charge in [0.25, 0.3) is 0 Å². The summed E-state index contributed by atoms with van der Waals surface area (Å²) in [5.41, 5.74) is 1.00. The van der Waals surface area contributed by atoms with Crippen molar-refractivity contribution in [2.75, 3.05) is 6.61 Å². The van der Waals surface area contributed by atoms with E-state index in [1.54, 1.807) is 0 Å². The number of benzene rings is 1. The van der Waals surface area contributed by atoms with Crippen LogP contribution in [0.5, 0.6) is 0 Å². The van der Waals surface area contributed by atoms with Crippen LogP contribution in [0.2, 0.25) is 5.02 Å². The second-order valence-electron chi connectivity index (χ2n) is 4.40. The molecule has 0 saturated carbocycles. The highest BCUT2D eigenvalue weighted by Crippen LogP contribution is 2.29. The maximum atomic E-state index is 6.03. The molecule has 1 aliphatic heterocycles. The molecule has 3 rings (SSSR count). The number of halogens is 1. The molecule has 94 valence electrons. The van der Waals surface area contributed by atoms with Crippen LogP contribution in [0.1, 0.15) is 25.2 Å². The van der Waals surface area contributed by atoms with Crippen LogP contribution in [-0.4, -0.2) is 21.4 Å². The quantitative estimate of drug-likeness (QED) is 0.836. The molecule has 0 bridgehead atoms. The largest absolute Gasteiger partial charge is 0.371 e. The Morgan fingerprint density at radius 1 is 1.44 bits per heavy atom. The molecule has 0 saturated heterocycles.